The molecule has 0 unspecified atom stereocenters. The van der Waals surface area contributed by atoms with Crippen LogP contribution in [-0.2, 0) is 11.0 Å². The van der Waals surface area contributed by atoms with Gasteiger partial charge in [0.25, 0.3) is 5.69 Å². The molecule has 1 aromatic carbocycles. The number of nitrogens with zero attached hydrogens (tertiary/aromatic N) is 1. The van der Waals surface area contributed by atoms with Gasteiger partial charge in [-0.05, 0) is 29.8 Å². The van der Waals surface area contributed by atoms with E-state index in [0.717, 1.165) is 5.56 Å². The summed E-state index contributed by atoms with van der Waals surface area (Å²) in [7, 11) is -1.83. The predicted octanol–water partition coefficient (Wildman–Crippen LogP) is 4.88. The van der Waals surface area contributed by atoms with Gasteiger partial charge in [0.2, 0.25) is 0 Å². The molecular formula is C13H20BrNO3Si. The molecule has 0 N–H and O–H groups in total. The first-order valence-corrected chi connectivity index (χ1v) is 9.81. The molecule has 0 spiro atoms. The van der Waals surface area contributed by atoms with Gasteiger partial charge in [-0.15, -0.1) is 0 Å². The molecule has 0 aromatic heterocycles. The second kappa shape index (κ2) is 5.72. The Morgan fingerprint density at radius 3 is 2.37 bits per heavy atom. The summed E-state index contributed by atoms with van der Waals surface area (Å²) in [6.45, 7) is 11.3. The summed E-state index contributed by atoms with van der Waals surface area (Å²) in [6, 6.07) is 4.92. The molecule has 0 amide bonds. The molecule has 19 heavy (non-hydrogen) atoms. The third kappa shape index (κ3) is 4.40. The zero-order valence-electron chi connectivity index (χ0n) is 12.0. The quantitative estimate of drug-likeness (QED) is 0.444. The van der Waals surface area contributed by atoms with E-state index in [9.17, 15) is 10.1 Å². The van der Waals surface area contributed by atoms with Gasteiger partial charge in [0.15, 0.2) is 8.32 Å². The van der Waals surface area contributed by atoms with Crippen LogP contribution in [0.15, 0.2) is 22.7 Å². The van der Waals surface area contributed by atoms with Crippen LogP contribution in [0.2, 0.25) is 18.1 Å². The fraction of sp³-hybridized carbons (Fsp3) is 0.538. The Labute approximate surface area is 123 Å². The number of hydrogen-bond donors (Lipinski definition) is 0. The van der Waals surface area contributed by atoms with Crippen molar-refractivity contribution in [1.29, 1.82) is 0 Å². The van der Waals surface area contributed by atoms with Gasteiger partial charge >= 0.3 is 0 Å². The minimum absolute atomic E-state index is 0.0863. The normalized spacial score (nSPS) is 12.5. The van der Waals surface area contributed by atoms with Crippen molar-refractivity contribution in [2.24, 2.45) is 0 Å². The smallest absolute Gasteiger partial charge is 0.270 e. The monoisotopic (exact) mass is 345 g/mol. The maximum absolute atomic E-state index is 10.8. The predicted molar refractivity (Wildman–Crippen MR) is 82.8 cm³/mol. The van der Waals surface area contributed by atoms with Crippen LogP contribution in [0.4, 0.5) is 5.69 Å². The largest absolute Gasteiger partial charge is 0.413 e. The topological polar surface area (TPSA) is 52.4 Å². The molecule has 0 aliphatic carbocycles. The van der Waals surface area contributed by atoms with Crippen molar-refractivity contribution in [2.75, 3.05) is 0 Å². The number of nitro groups is 1. The Bertz CT molecular complexity index is 483. The highest BCUT2D eigenvalue weighted by molar-refractivity contribution is 9.10. The molecule has 0 saturated heterocycles. The highest BCUT2D eigenvalue weighted by Crippen LogP contribution is 2.37. The maximum atomic E-state index is 10.8. The maximum Gasteiger partial charge on any atom is 0.270 e. The Hall–Kier alpha value is -0.723. The molecule has 0 atom stereocenters. The fourth-order valence-corrected chi connectivity index (χ4v) is 2.79. The Morgan fingerprint density at radius 1 is 1.32 bits per heavy atom. The number of nitro benzene ring substituents is 1. The molecule has 6 heteroatoms. The summed E-state index contributed by atoms with van der Waals surface area (Å²) >= 11 is 3.29. The Morgan fingerprint density at radius 2 is 1.89 bits per heavy atom. The molecule has 0 bridgehead atoms. The molecule has 0 aliphatic heterocycles. The lowest BCUT2D eigenvalue weighted by Gasteiger charge is -2.36. The highest BCUT2D eigenvalue weighted by atomic mass is 79.9. The highest BCUT2D eigenvalue weighted by Gasteiger charge is 2.37. The first-order chi connectivity index (χ1) is 8.53. The van der Waals surface area contributed by atoms with Gasteiger partial charge in [-0.25, -0.2) is 0 Å². The van der Waals surface area contributed by atoms with Gasteiger partial charge < -0.3 is 4.43 Å². The van der Waals surface area contributed by atoms with Crippen LogP contribution in [0.3, 0.4) is 0 Å². The van der Waals surface area contributed by atoms with Crippen molar-refractivity contribution in [3.63, 3.8) is 0 Å². The van der Waals surface area contributed by atoms with E-state index in [0.29, 0.717) is 11.1 Å². The van der Waals surface area contributed by atoms with Crippen LogP contribution in [0.25, 0.3) is 0 Å². The van der Waals surface area contributed by atoms with E-state index >= 15 is 0 Å². The van der Waals surface area contributed by atoms with Crippen LogP contribution in [-0.4, -0.2) is 13.2 Å². The van der Waals surface area contributed by atoms with Gasteiger partial charge in [0, 0.05) is 16.6 Å². The van der Waals surface area contributed by atoms with Crippen molar-refractivity contribution in [3.8, 4) is 0 Å². The number of non-ortho nitro benzene ring substituents is 1. The lowest BCUT2D eigenvalue weighted by atomic mass is 10.2. The van der Waals surface area contributed by atoms with Crippen molar-refractivity contribution in [3.05, 3.63) is 38.3 Å². The average molecular weight is 346 g/mol. The molecular weight excluding hydrogens is 326 g/mol. The van der Waals surface area contributed by atoms with Crippen LogP contribution >= 0.6 is 15.9 Å². The van der Waals surface area contributed by atoms with Gasteiger partial charge in [0.1, 0.15) is 0 Å². The van der Waals surface area contributed by atoms with Crippen LogP contribution in [0, 0.1) is 10.1 Å². The first kappa shape index (κ1) is 16.3. The summed E-state index contributed by atoms with van der Waals surface area (Å²) in [5.74, 6) is 0. The van der Waals surface area contributed by atoms with Crippen molar-refractivity contribution < 1.29 is 9.35 Å². The number of benzene rings is 1. The summed E-state index contributed by atoms with van der Waals surface area (Å²) in [6.07, 6.45) is 0. The Balaban J connectivity index is 2.87. The fourth-order valence-electron chi connectivity index (χ4n) is 1.30. The lowest BCUT2D eigenvalue weighted by Crippen LogP contribution is -2.40. The molecule has 0 aliphatic rings. The molecule has 0 fully saturated rings. The molecule has 0 saturated carbocycles. The lowest BCUT2D eigenvalue weighted by molar-refractivity contribution is -0.385. The third-order valence-corrected chi connectivity index (χ3v) is 8.50. The third-order valence-electron chi connectivity index (χ3n) is 3.56. The van der Waals surface area contributed by atoms with Crippen LogP contribution < -0.4 is 0 Å². The van der Waals surface area contributed by atoms with E-state index in [2.05, 4.69) is 49.8 Å². The van der Waals surface area contributed by atoms with Crippen LogP contribution in [0.5, 0.6) is 0 Å². The molecule has 1 rings (SSSR count). The van der Waals surface area contributed by atoms with Gasteiger partial charge in [-0.2, -0.15) is 0 Å². The number of hydrogen-bond acceptors (Lipinski definition) is 3. The molecule has 4 nitrogen and oxygen atoms in total. The van der Waals surface area contributed by atoms with Gasteiger partial charge in [0.05, 0.1) is 11.5 Å². The van der Waals surface area contributed by atoms with E-state index in [4.69, 9.17) is 4.43 Å². The summed E-state index contributed by atoms with van der Waals surface area (Å²) in [4.78, 5) is 10.4. The van der Waals surface area contributed by atoms with E-state index in [1.165, 1.54) is 6.07 Å². The van der Waals surface area contributed by atoms with E-state index in [1.807, 2.05) is 6.07 Å². The number of rotatable bonds is 4. The standard InChI is InChI=1S/C13H20BrNO3Si/c1-13(2,3)19(4,5)18-9-10-6-11(14)8-12(7-10)15(16)17/h6-8H,9H2,1-5H3. The van der Waals surface area contributed by atoms with Crippen molar-refractivity contribution >= 4 is 29.9 Å². The SMILES string of the molecule is CC(C)(C)[Si](C)(C)OCc1cc(Br)cc([N+](=O)[O-])c1. The molecule has 0 heterocycles. The molecule has 106 valence electrons. The summed E-state index contributed by atoms with van der Waals surface area (Å²) in [5, 5.41) is 10.9. The summed E-state index contributed by atoms with van der Waals surface area (Å²) < 4.78 is 6.77. The Kier molecular flexibility index (Phi) is 4.92. The van der Waals surface area contributed by atoms with E-state index in [-0.39, 0.29) is 15.6 Å². The zero-order chi connectivity index (χ0) is 14.8. The minimum Gasteiger partial charge on any atom is -0.413 e. The van der Waals surface area contributed by atoms with Crippen molar-refractivity contribution in [1.82, 2.24) is 0 Å². The number of halogens is 1. The minimum atomic E-state index is -1.83. The van der Waals surface area contributed by atoms with Gasteiger partial charge in [-0.1, -0.05) is 36.7 Å². The van der Waals surface area contributed by atoms with Gasteiger partial charge in [-0.3, -0.25) is 10.1 Å². The molecule has 0 radical (unpaired) electrons. The van der Waals surface area contributed by atoms with E-state index in [1.54, 1.807) is 6.07 Å². The second-order valence-electron chi connectivity index (χ2n) is 6.12. The average Bonchev–Trinajstić information content (AvgIpc) is 2.24. The zero-order valence-corrected chi connectivity index (χ0v) is 14.6. The van der Waals surface area contributed by atoms with Crippen molar-refractivity contribution in [2.45, 2.75) is 45.5 Å². The van der Waals surface area contributed by atoms with E-state index < -0.39 is 8.32 Å². The second-order valence-corrected chi connectivity index (χ2v) is 11.8. The summed E-state index contributed by atoms with van der Waals surface area (Å²) in [5.41, 5.74) is 0.911. The first-order valence-electron chi connectivity index (χ1n) is 6.11. The van der Waals surface area contributed by atoms with Crippen LogP contribution in [0.1, 0.15) is 26.3 Å². The molecule has 1 aromatic rings.